The molecule has 2 heterocycles. The molecule has 2 aliphatic rings. The summed E-state index contributed by atoms with van der Waals surface area (Å²) in [7, 11) is 0. The molecule has 0 aromatic heterocycles. The third-order valence-corrected chi connectivity index (χ3v) is 5.39. The van der Waals surface area contributed by atoms with Crippen LogP contribution in [0, 0.1) is 5.92 Å². The van der Waals surface area contributed by atoms with E-state index in [0.29, 0.717) is 18.4 Å². The first-order chi connectivity index (χ1) is 12.1. The molecule has 1 aromatic carbocycles. The van der Waals surface area contributed by atoms with Gasteiger partial charge in [-0.05, 0) is 42.7 Å². The molecule has 25 heavy (non-hydrogen) atoms. The first-order valence-corrected chi connectivity index (χ1v) is 9.63. The second-order valence-corrected chi connectivity index (χ2v) is 7.69. The van der Waals surface area contributed by atoms with Crippen LogP contribution in [-0.4, -0.2) is 53.1 Å². The van der Waals surface area contributed by atoms with E-state index in [4.69, 9.17) is 5.73 Å². The summed E-state index contributed by atoms with van der Waals surface area (Å²) < 4.78 is 0. The molecule has 1 aromatic rings. The van der Waals surface area contributed by atoms with Crippen LogP contribution in [0.4, 0.5) is 0 Å². The van der Waals surface area contributed by atoms with Crippen LogP contribution in [0.1, 0.15) is 43.7 Å². The first-order valence-electron chi connectivity index (χ1n) is 9.63. The second-order valence-electron chi connectivity index (χ2n) is 7.69. The summed E-state index contributed by atoms with van der Waals surface area (Å²) in [6, 6.07) is 8.69. The molecule has 0 saturated carbocycles. The van der Waals surface area contributed by atoms with Gasteiger partial charge in [0.05, 0.1) is 12.6 Å². The zero-order chi connectivity index (χ0) is 17.6. The van der Waals surface area contributed by atoms with Crippen LogP contribution in [0.15, 0.2) is 29.3 Å². The lowest BCUT2D eigenvalue weighted by Gasteiger charge is -2.31. The van der Waals surface area contributed by atoms with Crippen molar-refractivity contribution < 1.29 is 5.11 Å². The number of likely N-dealkylation sites (tertiary alicyclic amines) is 2. The Morgan fingerprint density at radius 1 is 1.12 bits per heavy atom. The zero-order valence-electron chi connectivity index (χ0n) is 15.4. The van der Waals surface area contributed by atoms with E-state index in [-0.39, 0.29) is 6.10 Å². The number of aliphatic imine (C=N–C) groups is 1. The monoisotopic (exact) mass is 344 g/mol. The van der Waals surface area contributed by atoms with Crippen LogP contribution in [0.25, 0.3) is 0 Å². The van der Waals surface area contributed by atoms with Gasteiger partial charge in [-0.15, -0.1) is 0 Å². The molecule has 0 radical (unpaired) electrons. The number of nitrogens with zero attached hydrogens (tertiary/aromatic N) is 3. The predicted molar refractivity (Wildman–Crippen MR) is 102 cm³/mol. The highest BCUT2D eigenvalue weighted by atomic mass is 16.3. The Balaban J connectivity index is 1.49. The van der Waals surface area contributed by atoms with Gasteiger partial charge in [0.2, 0.25) is 0 Å². The van der Waals surface area contributed by atoms with E-state index < -0.39 is 0 Å². The number of rotatable bonds is 4. The van der Waals surface area contributed by atoms with Crippen molar-refractivity contribution in [2.45, 2.75) is 51.8 Å². The van der Waals surface area contributed by atoms with Crippen molar-refractivity contribution >= 4 is 5.96 Å². The molecule has 0 aliphatic carbocycles. The zero-order valence-corrected chi connectivity index (χ0v) is 15.4. The molecule has 3 rings (SSSR count). The molecule has 2 aliphatic heterocycles. The second kappa shape index (κ2) is 8.68. The molecular weight excluding hydrogens is 312 g/mol. The van der Waals surface area contributed by atoms with Crippen molar-refractivity contribution in [3.8, 4) is 0 Å². The number of aliphatic hydroxyl groups excluding tert-OH is 1. The average Bonchev–Trinajstić information content (AvgIpc) is 2.63. The van der Waals surface area contributed by atoms with E-state index in [2.05, 4.69) is 46.0 Å². The first kappa shape index (κ1) is 18.2. The van der Waals surface area contributed by atoms with Gasteiger partial charge >= 0.3 is 0 Å². The third kappa shape index (κ3) is 5.44. The molecule has 2 fully saturated rings. The molecule has 0 bridgehead atoms. The maximum atomic E-state index is 9.59. The van der Waals surface area contributed by atoms with Crippen LogP contribution in [0.3, 0.4) is 0 Å². The molecule has 5 heteroatoms. The van der Waals surface area contributed by atoms with Crippen LogP contribution in [-0.2, 0) is 13.1 Å². The number of guanidine groups is 1. The summed E-state index contributed by atoms with van der Waals surface area (Å²) in [5.41, 5.74) is 8.69. The van der Waals surface area contributed by atoms with Gasteiger partial charge in [-0.1, -0.05) is 31.2 Å². The van der Waals surface area contributed by atoms with Crippen molar-refractivity contribution in [1.29, 1.82) is 0 Å². The Labute approximate surface area is 151 Å². The Kier molecular flexibility index (Phi) is 6.32. The normalized spacial score (nSPS) is 23.8. The van der Waals surface area contributed by atoms with Crippen LogP contribution < -0.4 is 5.73 Å². The van der Waals surface area contributed by atoms with E-state index >= 15 is 0 Å². The Bertz CT molecular complexity index is 564. The lowest BCUT2D eigenvalue weighted by Crippen LogP contribution is -2.43. The van der Waals surface area contributed by atoms with Gasteiger partial charge < -0.3 is 15.7 Å². The molecule has 0 amide bonds. The largest absolute Gasteiger partial charge is 0.393 e. The van der Waals surface area contributed by atoms with Crippen LogP contribution >= 0.6 is 0 Å². The number of benzene rings is 1. The summed E-state index contributed by atoms with van der Waals surface area (Å²) in [5.74, 6) is 1.39. The minimum absolute atomic E-state index is 0.107. The number of aliphatic hydroxyl groups is 1. The fraction of sp³-hybridized carbons (Fsp3) is 0.650. The van der Waals surface area contributed by atoms with Crippen molar-refractivity contribution in [3.63, 3.8) is 0 Å². The average molecular weight is 345 g/mol. The smallest absolute Gasteiger partial charge is 0.191 e. The quantitative estimate of drug-likeness (QED) is 0.649. The Morgan fingerprint density at radius 3 is 2.48 bits per heavy atom. The lowest BCUT2D eigenvalue weighted by molar-refractivity contribution is 0.0792. The highest BCUT2D eigenvalue weighted by Crippen LogP contribution is 2.16. The molecule has 2 saturated heterocycles. The summed E-state index contributed by atoms with van der Waals surface area (Å²) >= 11 is 0. The van der Waals surface area contributed by atoms with Gasteiger partial charge in [0.25, 0.3) is 0 Å². The predicted octanol–water partition coefficient (Wildman–Crippen LogP) is 2.19. The van der Waals surface area contributed by atoms with E-state index in [1.807, 2.05) is 0 Å². The summed E-state index contributed by atoms with van der Waals surface area (Å²) in [6.45, 7) is 7.91. The summed E-state index contributed by atoms with van der Waals surface area (Å²) in [4.78, 5) is 9.22. The fourth-order valence-corrected chi connectivity index (χ4v) is 3.76. The van der Waals surface area contributed by atoms with E-state index in [1.165, 1.54) is 24.0 Å². The number of hydrogen-bond acceptors (Lipinski definition) is 3. The maximum Gasteiger partial charge on any atom is 0.191 e. The van der Waals surface area contributed by atoms with Crippen molar-refractivity contribution in [2.24, 2.45) is 16.6 Å². The van der Waals surface area contributed by atoms with Gasteiger partial charge in [-0.2, -0.15) is 0 Å². The van der Waals surface area contributed by atoms with E-state index in [9.17, 15) is 5.11 Å². The van der Waals surface area contributed by atoms with Gasteiger partial charge in [-0.3, -0.25) is 4.90 Å². The SMILES string of the molecule is CC1CCCN(C(N)=NCc2ccc(CN3CCC(O)CC3)cc2)C1. The summed E-state index contributed by atoms with van der Waals surface area (Å²) in [6.07, 6.45) is 4.17. The standard InChI is InChI=1S/C20H32N4O/c1-16-3-2-10-24(14-16)20(21)22-13-17-4-6-18(7-5-17)15-23-11-8-19(25)9-12-23/h4-7,16,19,25H,2-3,8-15H2,1H3,(H2,21,22). The van der Waals surface area contributed by atoms with Crippen LogP contribution in [0.2, 0.25) is 0 Å². The van der Waals surface area contributed by atoms with Gasteiger partial charge in [0, 0.05) is 32.7 Å². The van der Waals surface area contributed by atoms with Gasteiger partial charge in [0.15, 0.2) is 5.96 Å². The topological polar surface area (TPSA) is 65.1 Å². The number of piperidine rings is 2. The van der Waals surface area contributed by atoms with Crippen molar-refractivity contribution in [3.05, 3.63) is 35.4 Å². The highest BCUT2D eigenvalue weighted by Gasteiger charge is 2.18. The number of hydrogen-bond donors (Lipinski definition) is 2. The van der Waals surface area contributed by atoms with Crippen molar-refractivity contribution in [1.82, 2.24) is 9.80 Å². The van der Waals surface area contributed by atoms with E-state index in [1.54, 1.807) is 0 Å². The fourth-order valence-electron chi connectivity index (χ4n) is 3.76. The van der Waals surface area contributed by atoms with E-state index in [0.717, 1.165) is 45.6 Å². The Morgan fingerprint density at radius 2 is 1.80 bits per heavy atom. The molecule has 3 N–H and O–H groups in total. The van der Waals surface area contributed by atoms with Gasteiger partial charge in [-0.25, -0.2) is 4.99 Å². The van der Waals surface area contributed by atoms with Crippen LogP contribution in [0.5, 0.6) is 0 Å². The molecule has 0 spiro atoms. The minimum atomic E-state index is -0.107. The lowest BCUT2D eigenvalue weighted by atomic mass is 10.0. The third-order valence-electron chi connectivity index (χ3n) is 5.39. The molecule has 1 atom stereocenters. The molecule has 1 unspecified atom stereocenters. The molecule has 5 nitrogen and oxygen atoms in total. The van der Waals surface area contributed by atoms with Crippen molar-refractivity contribution in [2.75, 3.05) is 26.2 Å². The van der Waals surface area contributed by atoms with Gasteiger partial charge in [0.1, 0.15) is 0 Å². The molecular formula is C20H32N4O. The maximum absolute atomic E-state index is 9.59. The number of nitrogens with two attached hydrogens (primary N) is 1. The minimum Gasteiger partial charge on any atom is -0.393 e. The summed E-state index contributed by atoms with van der Waals surface area (Å²) in [5, 5.41) is 9.59. The Hall–Kier alpha value is -1.59. The highest BCUT2D eigenvalue weighted by molar-refractivity contribution is 5.78. The molecule has 138 valence electrons.